The number of hydrogen-bond donors (Lipinski definition) is 1. The van der Waals surface area contributed by atoms with E-state index < -0.39 is 0 Å². The fourth-order valence-corrected chi connectivity index (χ4v) is 2.66. The van der Waals surface area contributed by atoms with Crippen LogP contribution in [0.4, 0.5) is 0 Å². The van der Waals surface area contributed by atoms with Gasteiger partial charge in [-0.1, -0.05) is 6.92 Å². The summed E-state index contributed by atoms with van der Waals surface area (Å²) in [5, 5.41) is 7.79. The first-order chi connectivity index (χ1) is 9.02. The van der Waals surface area contributed by atoms with Gasteiger partial charge in [0, 0.05) is 24.8 Å². The minimum absolute atomic E-state index is 0.284. The monoisotopic (exact) mass is 261 g/mol. The van der Waals surface area contributed by atoms with Crippen molar-refractivity contribution in [2.75, 3.05) is 6.54 Å². The lowest BCUT2D eigenvalue weighted by molar-refractivity contribution is 0.484. The van der Waals surface area contributed by atoms with E-state index in [1.807, 2.05) is 31.8 Å². The maximum atomic E-state index is 5.75. The minimum atomic E-state index is 0.284. The summed E-state index contributed by atoms with van der Waals surface area (Å²) in [6, 6.07) is 0.284. The Labute approximate surface area is 114 Å². The van der Waals surface area contributed by atoms with Crippen molar-refractivity contribution in [3.05, 3.63) is 40.6 Å². The van der Waals surface area contributed by atoms with Crippen LogP contribution in [0.25, 0.3) is 0 Å². The first kappa shape index (κ1) is 13.9. The molecule has 2 aromatic heterocycles. The highest BCUT2D eigenvalue weighted by atomic mass is 16.3. The molecule has 0 spiro atoms. The molecule has 0 aliphatic rings. The normalized spacial score (nSPS) is 12.9. The average molecular weight is 261 g/mol. The molecular formula is C15H23N3O. The van der Waals surface area contributed by atoms with E-state index in [0.29, 0.717) is 0 Å². The molecule has 104 valence electrons. The highest BCUT2D eigenvalue weighted by molar-refractivity contribution is 5.35. The molecule has 0 aromatic carbocycles. The van der Waals surface area contributed by atoms with Crippen molar-refractivity contribution in [3.63, 3.8) is 0 Å². The molecule has 0 saturated heterocycles. The summed E-state index contributed by atoms with van der Waals surface area (Å²) in [6.45, 7) is 9.28. The number of aromatic nitrogens is 2. The molecule has 1 N–H and O–H groups in total. The third kappa shape index (κ3) is 2.89. The van der Waals surface area contributed by atoms with E-state index in [4.69, 9.17) is 4.42 Å². The van der Waals surface area contributed by atoms with Crippen molar-refractivity contribution in [1.82, 2.24) is 15.1 Å². The van der Waals surface area contributed by atoms with Crippen LogP contribution in [-0.4, -0.2) is 16.3 Å². The first-order valence-electron chi connectivity index (χ1n) is 6.80. The molecular weight excluding hydrogens is 238 g/mol. The molecule has 0 aliphatic carbocycles. The van der Waals surface area contributed by atoms with E-state index in [0.717, 1.165) is 24.5 Å². The molecule has 1 atom stereocenters. The number of rotatable bonds is 5. The van der Waals surface area contributed by atoms with E-state index in [1.165, 1.54) is 16.7 Å². The predicted molar refractivity (Wildman–Crippen MR) is 76.2 cm³/mol. The van der Waals surface area contributed by atoms with E-state index in [2.05, 4.69) is 30.5 Å². The molecule has 0 fully saturated rings. The second-order valence-electron chi connectivity index (χ2n) is 5.09. The summed E-state index contributed by atoms with van der Waals surface area (Å²) in [5.74, 6) is 2.03. The van der Waals surface area contributed by atoms with E-state index in [1.54, 1.807) is 0 Å². The SMILES string of the molecule is CCNC(Cc1cnn(C)c1)c1c(C)oc(C)c1C. The van der Waals surface area contributed by atoms with Crippen LogP contribution in [0, 0.1) is 20.8 Å². The molecule has 19 heavy (non-hydrogen) atoms. The van der Waals surface area contributed by atoms with Gasteiger partial charge in [-0.2, -0.15) is 5.10 Å². The highest BCUT2D eigenvalue weighted by Crippen LogP contribution is 2.29. The lowest BCUT2D eigenvalue weighted by atomic mass is 9.97. The Kier molecular flexibility index (Phi) is 4.10. The smallest absolute Gasteiger partial charge is 0.106 e. The molecule has 2 heterocycles. The number of likely N-dealkylation sites (N-methyl/N-ethyl adjacent to an activating group) is 1. The molecule has 0 saturated carbocycles. The molecule has 1 unspecified atom stereocenters. The van der Waals surface area contributed by atoms with Gasteiger partial charge >= 0.3 is 0 Å². The number of nitrogens with one attached hydrogen (secondary N) is 1. The summed E-state index contributed by atoms with van der Waals surface area (Å²) in [4.78, 5) is 0. The van der Waals surface area contributed by atoms with Crippen molar-refractivity contribution < 1.29 is 4.42 Å². The lowest BCUT2D eigenvalue weighted by Crippen LogP contribution is -2.23. The van der Waals surface area contributed by atoms with Gasteiger partial charge in [-0.25, -0.2) is 0 Å². The van der Waals surface area contributed by atoms with Gasteiger partial charge in [0.25, 0.3) is 0 Å². The Bertz CT molecular complexity index is 554. The summed E-state index contributed by atoms with van der Waals surface area (Å²) >= 11 is 0. The van der Waals surface area contributed by atoms with Gasteiger partial charge in [0.05, 0.1) is 6.20 Å². The Balaban J connectivity index is 2.29. The number of aryl methyl sites for hydroxylation is 3. The number of furan rings is 1. The van der Waals surface area contributed by atoms with Gasteiger partial charge in [0.2, 0.25) is 0 Å². The Morgan fingerprint density at radius 3 is 2.53 bits per heavy atom. The van der Waals surface area contributed by atoms with E-state index in [9.17, 15) is 0 Å². The topological polar surface area (TPSA) is 43.0 Å². The van der Waals surface area contributed by atoms with Gasteiger partial charge in [0.15, 0.2) is 0 Å². The van der Waals surface area contributed by atoms with E-state index >= 15 is 0 Å². The fourth-order valence-electron chi connectivity index (χ4n) is 2.66. The lowest BCUT2D eigenvalue weighted by Gasteiger charge is -2.18. The van der Waals surface area contributed by atoms with Crippen molar-refractivity contribution in [1.29, 1.82) is 0 Å². The average Bonchev–Trinajstić information content (AvgIpc) is 2.84. The van der Waals surface area contributed by atoms with Crippen LogP contribution < -0.4 is 5.32 Å². The van der Waals surface area contributed by atoms with E-state index in [-0.39, 0.29) is 6.04 Å². The molecule has 0 aliphatic heterocycles. The quantitative estimate of drug-likeness (QED) is 0.900. The maximum absolute atomic E-state index is 5.75. The van der Waals surface area contributed by atoms with Crippen LogP contribution in [0.1, 0.15) is 41.2 Å². The summed E-state index contributed by atoms with van der Waals surface area (Å²) in [7, 11) is 1.95. The standard InChI is InChI=1S/C15H23N3O/c1-6-16-14(7-13-8-17-18(5)9-13)15-10(2)11(3)19-12(15)4/h8-9,14,16H,6-7H2,1-5H3. The van der Waals surface area contributed by atoms with Crippen molar-refractivity contribution in [2.45, 2.75) is 40.2 Å². The van der Waals surface area contributed by atoms with Gasteiger partial charge in [-0.3, -0.25) is 4.68 Å². The Hall–Kier alpha value is -1.55. The summed E-state index contributed by atoms with van der Waals surface area (Å²) in [6.07, 6.45) is 4.94. The molecule has 0 radical (unpaired) electrons. The van der Waals surface area contributed by atoms with Crippen LogP contribution in [0.2, 0.25) is 0 Å². The van der Waals surface area contributed by atoms with Crippen molar-refractivity contribution >= 4 is 0 Å². The fraction of sp³-hybridized carbons (Fsp3) is 0.533. The number of hydrogen-bond acceptors (Lipinski definition) is 3. The third-order valence-corrected chi connectivity index (χ3v) is 3.61. The van der Waals surface area contributed by atoms with Gasteiger partial charge in [-0.05, 0) is 44.9 Å². The third-order valence-electron chi connectivity index (χ3n) is 3.61. The number of nitrogens with zero attached hydrogens (tertiary/aromatic N) is 2. The molecule has 4 nitrogen and oxygen atoms in total. The Morgan fingerprint density at radius 2 is 2.05 bits per heavy atom. The molecule has 0 bridgehead atoms. The zero-order valence-electron chi connectivity index (χ0n) is 12.4. The van der Waals surface area contributed by atoms with Crippen molar-refractivity contribution in [3.8, 4) is 0 Å². The molecule has 2 aromatic rings. The minimum Gasteiger partial charge on any atom is -0.466 e. The summed E-state index contributed by atoms with van der Waals surface area (Å²) < 4.78 is 7.60. The van der Waals surface area contributed by atoms with Crippen molar-refractivity contribution in [2.24, 2.45) is 7.05 Å². The van der Waals surface area contributed by atoms with Gasteiger partial charge in [-0.15, -0.1) is 0 Å². The second-order valence-corrected chi connectivity index (χ2v) is 5.09. The first-order valence-corrected chi connectivity index (χ1v) is 6.80. The van der Waals surface area contributed by atoms with Crippen LogP contribution in [0.3, 0.4) is 0 Å². The highest BCUT2D eigenvalue weighted by Gasteiger charge is 2.21. The molecule has 4 heteroatoms. The molecule has 0 amide bonds. The zero-order chi connectivity index (χ0) is 14.0. The summed E-state index contributed by atoms with van der Waals surface area (Å²) in [5.41, 5.74) is 3.79. The maximum Gasteiger partial charge on any atom is 0.106 e. The second kappa shape index (κ2) is 5.61. The van der Waals surface area contributed by atoms with Crippen LogP contribution in [-0.2, 0) is 13.5 Å². The molecule has 2 rings (SSSR count). The zero-order valence-corrected chi connectivity index (χ0v) is 12.4. The van der Waals surface area contributed by atoms with Gasteiger partial charge in [0.1, 0.15) is 11.5 Å². The van der Waals surface area contributed by atoms with Crippen LogP contribution in [0.5, 0.6) is 0 Å². The Morgan fingerprint density at radius 1 is 1.32 bits per heavy atom. The van der Waals surface area contributed by atoms with Crippen LogP contribution >= 0.6 is 0 Å². The van der Waals surface area contributed by atoms with Crippen LogP contribution in [0.15, 0.2) is 16.8 Å². The predicted octanol–water partition coefficient (Wildman–Crippen LogP) is 2.83. The largest absolute Gasteiger partial charge is 0.466 e. The van der Waals surface area contributed by atoms with Gasteiger partial charge < -0.3 is 9.73 Å².